The van der Waals surface area contributed by atoms with Gasteiger partial charge in [-0.3, -0.25) is 14.4 Å². The van der Waals surface area contributed by atoms with Crippen LogP contribution in [0.4, 0.5) is 10.1 Å². The van der Waals surface area contributed by atoms with E-state index in [0.717, 1.165) is 12.8 Å². The van der Waals surface area contributed by atoms with E-state index in [1.807, 2.05) is 0 Å². The Morgan fingerprint density at radius 1 is 1.19 bits per heavy atom. The summed E-state index contributed by atoms with van der Waals surface area (Å²) in [4.78, 5) is 42.8. The molecule has 1 saturated heterocycles. The first-order chi connectivity index (χ1) is 15.1. The Morgan fingerprint density at radius 2 is 1.88 bits per heavy atom. The maximum absolute atomic E-state index is 13.9. The van der Waals surface area contributed by atoms with Crippen LogP contribution in [0.2, 0.25) is 5.02 Å². The van der Waals surface area contributed by atoms with Gasteiger partial charge in [-0.2, -0.15) is 0 Å². The van der Waals surface area contributed by atoms with Crippen LogP contribution in [0.15, 0.2) is 18.5 Å². The highest BCUT2D eigenvalue weighted by Crippen LogP contribution is 2.49. The smallest absolute Gasteiger partial charge is 0.269 e. The molecule has 32 heavy (non-hydrogen) atoms. The fourth-order valence-corrected chi connectivity index (χ4v) is 5.36. The van der Waals surface area contributed by atoms with Gasteiger partial charge in [-0.1, -0.05) is 11.6 Å². The minimum absolute atomic E-state index is 0.00335. The minimum Gasteiger partial charge on any atom is -0.364 e. The predicted molar refractivity (Wildman–Crippen MR) is 117 cm³/mol. The average molecular weight is 462 g/mol. The van der Waals surface area contributed by atoms with Crippen molar-refractivity contribution in [2.75, 3.05) is 11.4 Å². The van der Waals surface area contributed by atoms with Gasteiger partial charge < -0.3 is 20.9 Å². The molecule has 1 saturated carbocycles. The van der Waals surface area contributed by atoms with Crippen molar-refractivity contribution < 1.29 is 18.8 Å². The third-order valence-corrected chi connectivity index (χ3v) is 7.12. The van der Waals surface area contributed by atoms with E-state index in [-0.39, 0.29) is 28.4 Å². The van der Waals surface area contributed by atoms with Gasteiger partial charge in [0.2, 0.25) is 5.91 Å². The Hall–Kier alpha value is -2.94. The van der Waals surface area contributed by atoms with Gasteiger partial charge in [-0.25, -0.2) is 9.37 Å². The highest BCUT2D eigenvalue weighted by Gasteiger charge is 2.47. The van der Waals surface area contributed by atoms with Gasteiger partial charge in [-0.15, -0.1) is 0 Å². The molecule has 8 nitrogen and oxygen atoms in total. The Labute approximate surface area is 189 Å². The summed E-state index contributed by atoms with van der Waals surface area (Å²) in [6.45, 7) is 2.18. The molecule has 1 aromatic carbocycles. The maximum Gasteiger partial charge on any atom is 0.269 e. The van der Waals surface area contributed by atoms with Crippen LogP contribution in [-0.2, 0) is 4.79 Å². The molecule has 1 aliphatic heterocycles. The molecular formula is C22H25ClFN5O3. The molecule has 3 amide bonds. The number of piperidine rings is 1. The lowest BCUT2D eigenvalue weighted by Crippen LogP contribution is -2.50. The summed E-state index contributed by atoms with van der Waals surface area (Å²) in [6, 6.07) is 2.75. The van der Waals surface area contributed by atoms with Crippen molar-refractivity contribution >= 4 is 35.0 Å². The third kappa shape index (κ3) is 3.64. The van der Waals surface area contributed by atoms with E-state index in [1.54, 1.807) is 22.5 Å². The summed E-state index contributed by atoms with van der Waals surface area (Å²) in [5.74, 6) is -1.99. The lowest BCUT2D eigenvalue weighted by molar-refractivity contribution is -0.133. The number of carbonyl (C=O) groups excluding carboxylic acids is 3. The number of imidazole rings is 1. The van der Waals surface area contributed by atoms with Crippen molar-refractivity contribution in [3.05, 3.63) is 46.3 Å². The molecule has 4 N–H and O–H groups in total. The molecule has 1 spiro atoms. The molecule has 4 rings (SSSR count). The van der Waals surface area contributed by atoms with Crippen LogP contribution in [0, 0.1) is 18.2 Å². The summed E-state index contributed by atoms with van der Waals surface area (Å²) < 4.78 is 15.5. The van der Waals surface area contributed by atoms with Gasteiger partial charge in [0.1, 0.15) is 11.5 Å². The fourth-order valence-electron chi connectivity index (χ4n) is 5.11. The molecule has 2 heterocycles. The second-order valence-corrected chi connectivity index (χ2v) is 9.11. The third-order valence-electron chi connectivity index (χ3n) is 6.82. The summed E-state index contributed by atoms with van der Waals surface area (Å²) in [5, 5.41) is 0.218. The zero-order valence-corrected chi connectivity index (χ0v) is 18.5. The number of hydrogen-bond acceptors (Lipinski definition) is 4. The number of anilines is 1. The lowest BCUT2D eigenvalue weighted by Gasteiger charge is -2.46. The summed E-state index contributed by atoms with van der Waals surface area (Å²) in [6.07, 6.45) is 5.42. The first kappa shape index (κ1) is 22.3. The van der Waals surface area contributed by atoms with E-state index < -0.39 is 23.0 Å². The SMILES string of the molecule is Cc1cc(N2CCCC3(CCC(n4cnc(C(N)=O)c4C(N)=O)CC3)C2=O)c(Cl)cc1F. The maximum atomic E-state index is 13.9. The summed E-state index contributed by atoms with van der Waals surface area (Å²) >= 11 is 6.28. The number of benzene rings is 1. The molecule has 0 radical (unpaired) electrons. The first-order valence-corrected chi connectivity index (χ1v) is 11.0. The van der Waals surface area contributed by atoms with E-state index in [4.69, 9.17) is 23.1 Å². The van der Waals surface area contributed by atoms with Crippen LogP contribution in [0.1, 0.15) is 71.1 Å². The molecule has 2 aliphatic rings. The van der Waals surface area contributed by atoms with Crippen LogP contribution in [0.5, 0.6) is 0 Å². The quantitative estimate of drug-likeness (QED) is 0.725. The molecule has 0 bridgehead atoms. The van der Waals surface area contributed by atoms with E-state index >= 15 is 0 Å². The number of rotatable bonds is 4. The molecule has 10 heteroatoms. The second kappa shape index (κ2) is 8.20. The van der Waals surface area contributed by atoms with E-state index in [1.165, 1.54) is 12.4 Å². The topological polar surface area (TPSA) is 124 Å². The highest BCUT2D eigenvalue weighted by molar-refractivity contribution is 6.34. The first-order valence-electron chi connectivity index (χ1n) is 10.6. The van der Waals surface area contributed by atoms with Gasteiger partial charge in [0.25, 0.3) is 11.8 Å². The van der Waals surface area contributed by atoms with Gasteiger partial charge in [0, 0.05) is 18.0 Å². The zero-order chi connectivity index (χ0) is 23.2. The Morgan fingerprint density at radius 3 is 2.50 bits per heavy atom. The molecular weight excluding hydrogens is 437 g/mol. The molecule has 2 aromatic rings. The Balaban J connectivity index is 1.57. The number of carbonyl (C=O) groups is 3. The number of primary amides is 2. The molecule has 0 atom stereocenters. The second-order valence-electron chi connectivity index (χ2n) is 8.70. The van der Waals surface area contributed by atoms with Crippen molar-refractivity contribution in [3.63, 3.8) is 0 Å². The minimum atomic E-state index is -0.811. The van der Waals surface area contributed by atoms with Gasteiger partial charge in [-0.05, 0) is 63.1 Å². The van der Waals surface area contributed by atoms with Crippen molar-refractivity contribution in [2.24, 2.45) is 16.9 Å². The number of amides is 3. The predicted octanol–water partition coefficient (Wildman–Crippen LogP) is 3.11. The number of aromatic nitrogens is 2. The summed E-state index contributed by atoms with van der Waals surface area (Å²) in [7, 11) is 0. The van der Waals surface area contributed by atoms with Crippen LogP contribution in [0.3, 0.4) is 0 Å². The molecule has 1 aromatic heterocycles. The van der Waals surface area contributed by atoms with Gasteiger partial charge in [0.05, 0.1) is 17.0 Å². The molecule has 0 unspecified atom stereocenters. The number of nitrogens with zero attached hydrogens (tertiary/aromatic N) is 3. The monoisotopic (exact) mass is 461 g/mol. The zero-order valence-electron chi connectivity index (χ0n) is 17.7. The van der Waals surface area contributed by atoms with Gasteiger partial charge >= 0.3 is 0 Å². The normalized spacial score (nSPS) is 23.5. The van der Waals surface area contributed by atoms with E-state index in [2.05, 4.69) is 4.98 Å². The van der Waals surface area contributed by atoms with E-state index in [9.17, 15) is 18.8 Å². The molecule has 1 aliphatic carbocycles. The Kier molecular flexibility index (Phi) is 5.70. The highest BCUT2D eigenvalue weighted by atomic mass is 35.5. The number of halogens is 2. The van der Waals surface area contributed by atoms with Crippen LogP contribution in [0.25, 0.3) is 0 Å². The van der Waals surface area contributed by atoms with E-state index in [0.29, 0.717) is 43.5 Å². The summed E-state index contributed by atoms with van der Waals surface area (Å²) in [5.41, 5.74) is 11.1. The standard InChI is InChI=1S/C22H25ClFN5O3/c1-12-9-16(14(23)10-15(12)24)28-8-2-5-22(21(28)32)6-3-13(4-7-22)29-11-27-17(19(25)30)18(29)20(26)31/h9-11,13H,2-8H2,1H3,(H2,25,30)(H2,26,31). The van der Waals surface area contributed by atoms with Crippen LogP contribution >= 0.6 is 11.6 Å². The lowest BCUT2D eigenvalue weighted by atomic mass is 9.67. The Bertz CT molecular complexity index is 1110. The number of nitrogens with two attached hydrogens (primary N) is 2. The average Bonchev–Trinajstić information content (AvgIpc) is 3.19. The number of hydrogen-bond donors (Lipinski definition) is 2. The fraction of sp³-hybridized carbons (Fsp3) is 0.455. The molecule has 2 fully saturated rings. The number of aryl methyl sites for hydroxylation is 1. The van der Waals surface area contributed by atoms with Gasteiger partial charge in [0.15, 0.2) is 5.69 Å². The van der Waals surface area contributed by atoms with Crippen molar-refractivity contribution in [1.29, 1.82) is 0 Å². The largest absolute Gasteiger partial charge is 0.364 e. The van der Waals surface area contributed by atoms with Crippen LogP contribution < -0.4 is 16.4 Å². The van der Waals surface area contributed by atoms with Crippen molar-refractivity contribution in [2.45, 2.75) is 51.5 Å². The molecule has 170 valence electrons. The van der Waals surface area contributed by atoms with Crippen molar-refractivity contribution in [1.82, 2.24) is 9.55 Å². The van der Waals surface area contributed by atoms with Crippen molar-refractivity contribution in [3.8, 4) is 0 Å². The van der Waals surface area contributed by atoms with Crippen LogP contribution in [-0.4, -0.2) is 33.8 Å².